The molecule has 2 heterocycles. The van der Waals surface area contributed by atoms with Gasteiger partial charge in [-0.1, -0.05) is 25.1 Å². The zero-order valence-electron chi connectivity index (χ0n) is 20.5. The van der Waals surface area contributed by atoms with Gasteiger partial charge in [-0.25, -0.2) is 0 Å². The van der Waals surface area contributed by atoms with Crippen molar-refractivity contribution in [3.8, 4) is 17.4 Å². The number of hydrogen-bond acceptors (Lipinski definition) is 7. The molecule has 0 spiro atoms. The number of fused-ring (bicyclic) bond motifs is 1. The Kier molecular flexibility index (Phi) is 8.74. The van der Waals surface area contributed by atoms with Gasteiger partial charge in [0.15, 0.2) is 0 Å². The largest absolute Gasteiger partial charge is 0.457 e. The van der Waals surface area contributed by atoms with Gasteiger partial charge in [-0.05, 0) is 47.0 Å². The molecule has 0 radical (unpaired) electrons. The topological polar surface area (TPSA) is 111 Å². The van der Waals surface area contributed by atoms with Gasteiger partial charge in [0, 0.05) is 56.7 Å². The number of carbonyl (C=O) groups excluding carboxylic acids is 1. The Labute approximate surface area is 211 Å². The SMILES string of the molecule is CC(CO)CNC(=O)/C(C#N)=C/c1ccc(-c2ccc3cc(NCCN4CCOCC4)ccc3c2)o1. The predicted molar refractivity (Wildman–Crippen MR) is 140 cm³/mol. The number of carbonyl (C=O) groups is 1. The maximum Gasteiger partial charge on any atom is 0.262 e. The third-order valence-electron chi connectivity index (χ3n) is 6.19. The number of benzene rings is 2. The van der Waals surface area contributed by atoms with Crippen LogP contribution < -0.4 is 10.6 Å². The van der Waals surface area contributed by atoms with Gasteiger partial charge >= 0.3 is 0 Å². The lowest BCUT2D eigenvalue weighted by atomic mass is 10.0. The van der Waals surface area contributed by atoms with Gasteiger partial charge in [-0.15, -0.1) is 0 Å². The van der Waals surface area contributed by atoms with Crippen molar-refractivity contribution in [2.75, 3.05) is 57.9 Å². The van der Waals surface area contributed by atoms with Crippen molar-refractivity contribution in [2.45, 2.75) is 6.92 Å². The second-order valence-electron chi connectivity index (χ2n) is 9.03. The summed E-state index contributed by atoms with van der Waals surface area (Å²) in [7, 11) is 0. The smallest absolute Gasteiger partial charge is 0.262 e. The van der Waals surface area contributed by atoms with Crippen LogP contribution >= 0.6 is 0 Å². The van der Waals surface area contributed by atoms with E-state index < -0.39 is 5.91 Å². The summed E-state index contributed by atoms with van der Waals surface area (Å²) in [5.74, 6) is 0.504. The average Bonchev–Trinajstić information content (AvgIpc) is 3.39. The van der Waals surface area contributed by atoms with Crippen molar-refractivity contribution in [2.24, 2.45) is 5.92 Å². The summed E-state index contributed by atoms with van der Waals surface area (Å²) in [6.45, 7) is 7.54. The number of ether oxygens (including phenoxy) is 1. The number of amides is 1. The van der Waals surface area contributed by atoms with Crippen LogP contribution in [0, 0.1) is 17.2 Å². The monoisotopic (exact) mass is 488 g/mol. The molecule has 1 aromatic heterocycles. The van der Waals surface area contributed by atoms with Crippen molar-refractivity contribution < 1.29 is 19.1 Å². The van der Waals surface area contributed by atoms with Crippen LogP contribution in [0.15, 0.2) is 58.5 Å². The minimum Gasteiger partial charge on any atom is -0.457 e. The van der Waals surface area contributed by atoms with Gasteiger partial charge in [0.1, 0.15) is 23.2 Å². The second-order valence-corrected chi connectivity index (χ2v) is 9.03. The van der Waals surface area contributed by atoms with E-state index in [1.165, 1.54) is 6.08 Å². The molecule has 8 nitrogen and oxygen atoms in total. The lowest BCUT2D eigenvalue weighted by molar-refractivity contribution is -0.117. The fraction of sp³-hybridized carbons (Fsp3) is 0.357. The number of hydrogen-bond donors (Lipinski definition) is 3. The Balaban J connectivity index is 1.40. The number of nitrogens with one attached hydrogen (secondary N) is 2. The minimum absolute atomic E-state index is 0.0358. The minimum atomic E-state index is -0.490. The molecule has 0 bridgehead atoms. The third kappa shape index (κ3) is 6.73. The quantitative estimate of drug-likeness (QED) is 0.296. The van der Waals surface area contributed by atoms with E-state index >= 15 is 0 Å². The molecule has 0 saturated carbocycles. The van der Waals surface area contributed by atoms with E-state index in [2.05, 4.69) is 45.9 Å². The number of nitriles is 1. The van der Waals surface area contributed by atoms with Gasteiger partial charge in [-0.3, -0.25) is 9.69 Å². The first-order valence-corrected chi connectivity index (χ1v) is 12.2. The lowest BCUT2D eigenvalue weighted by Crippen LogP contribution is -2.38. The molecular formula is C28H32N4O4. The Bertz CT molecular complexity index is 1250. The van der Waals surface area contributed by atoms with Crippen LogP contribution in [-0.4, -0.2) is 68.5 Å². The molecule has 1 aliphatic heterocycles. The Morgan fingerprint density at radius 2 is 1.94 bits per heavy atom. The van der Waals surface area contributed by atoms with Crippen molar-refractivity contribution in [3.05, 3.63) is 59.9 Å². The summed E-state index contributed by atoms with van der Waals surface area (Å²) in [5.41, 5.74) is 1.95. The maximum absolute atomic E-state index is 12.3. The summed E-state index contributed by atoms with van der Waals surface area (Å²) in [5, 5.41) is 26.9. The van der Waals surface area contributed by atoms with Gasteiger partial charge < -0.3 is 24.9 Å². The molecule has 8 heteroatoms. The van der Waals surface area contributed by atoms with Crippen LogP contribution in [0.2, 0.25) is 0 Å². The Morgan fingerprint density at radius 1 is 1.17 bits per heavy atom. The van der Waals surface area contributed by atoms with Crippen LogP contribution in [0.3, 0.4) is 0 Å². The first-order valence-electron chi connectivity index (χ1n) is 12.2. The van der Waals surface area contributed by atoms with Crippen LogP contribution in [0.1, 0.15) is 12.7 Å². The van der Waals surface area contributed by atoms with Gasteiger partial charge in [0.05, 0.1) is 13.2 Å². The van der Waals surface area contributed by atoms with Gasteiger partial charge in [0.2, 0.25) is 0 Å². The van der Waals surface area contributed by atoms with E-state index in [-0.39, 0.29) is 18.1 Å². The van der Waals surface area contributed by atoms with E-state index in [1.54, 1.807) is 6.07 Å². The summed E-state index contributed by atoms with van der Waals surface area (Å²) < 4.78 is 11.3. The van der Waals surface area contributed by atoms with Crippen molar-refractivity contribution >= 4 is 28.4 Å². The standard InChI is InChI=1S/C28H32N4O4/c1-20(19-33)18-31-28(34)24(17-29)16-26-6-7-27(36-26)23-3-2-22-15-25(5-4-21(22)14-23)30-8-9-32-10-12-35-13-11-32/h2-7,14-16,20,30,33H,8-13,18-19H2,1H3,(H,31,34)/b24-16+. The highest BCUT2D eigenvalue weighted by Gasteiger charge is 2.13. The van der Waals surface area contributed by atoms with E-state index in [4.69, 9.17) is 14.3 Å². The van der Waals surface area contributed by atoms with E-state index in [1.807, 2.05) is 25.1 Å². The molecule has 3 aromatic rings. The number of rotatable bonds is 10. The summed E-state index contributed by atoms with van der Waals surface area (Å²) in [6.07, 6.45) is 1.43. The molecule has 1 saturated heterocycles. The number of aliphatic hydroxyl groups excluding tert-OH is 1. The van der Waals surface area contributed by atoms with Gasteiger partial charge in [0.25, 0.3) is 5.91 Å². The van der Waals surface area contributed by atoms with Crippen molar-refractivity contribution in [3.63, 3.8) is 0 Å². The summed E-state index contributed by atoms with van der Waals surface area (Å²) >= 11 is 0. The molecule has 2 aromatic carbocycles. The molecule has 1 atom stereocenters. The summed E-state index contributed by atoms with van der Waals surface area (Å²) in [4.78, 5) is 14.7. The van der Waals surface area contributed by atoms with Gasteiger partial charge in [-0.2, -0.15) is 5.26 Å². The third-order valence-corrected chi connectivity index (χ3v) is 6.19. The van der Waals surface area contributed by atoms with E-state index in [0.29, 0.717) is 18.1 Å². The van der Waals surface area contributed by atoms with Crippen molar-refractivity contribution in [1.29, 1.82) is 5.26 Å². The van der Waals surface area contributed by atoms with E-state index in [9.17, 15) is 10.1 Å². The molecule has 1 unspecified atom stereocenters. The Morgan fingerprint density at radius 3 is 2.72 bits per heavy atom. The number of nitrogens with zero attached hydrogens (tertiary/aromatic N) is 2. The number of aliphatic hydroxyl groups is 1. The van der Waals surface area contributed by atoms with Crippen LogP contribution in [-0.2, 0) is 9.53 Å². The highest BCUT2D eigenvalue weighted by atomic mass is 16.5. The average molecular weight is 489 g/mol. The molecule has 3 N–H and O–H groups in total. The zero-order valence-corrected chi connectivity index (χ0v) is 20.5. The normalized spacial score (nSPS) is 15.4. The number of morpholine rings is 1. The first kappa shape index (κ1) is 25.5. The molecule has 36 heavy (non-hydrogen) atoms. The lowest BCUT2D eigenvalue weighted by Gasteiger charge is -2.26. The first-order chi connectivity index (χ1) is 17.6. The molecule has 1 amide bonds. The van der Waals surface area contributed by atoms with Crippen LogP contribution in [0.25, 0.3) is 28.2 Å². The highest BCUT2D eigenvalue weighted by molar-refractivity contribution is 6.01. The number of furan rings is 1. The fourth-order valence-corrected chi connectivity index (χ4v) is 4.00. The Hall–Kier alpha value is -3.64. The summed E-state index contributed by atoms with van der Waals surface area (Å²) in [6, 6.07) is 17.9. The molecular weight excluding hydrogens is 456 g/mol. The molecule has 0 aliphatic carbocycles. The molecule has 4 rings (SSSR count). The van der Waals surface area contributed by atoms with Crippen molar-refractivity contribution in [1.82, 2.24) is 10.2 Å². The van der Waals surface area contributed by atoms with Crippen LogP contribution in [0.5, 0.6) is 0 Å². The fourth-order valence-electron chi connectivity index (χ4n) is 4.00. The highest BCUT2D eigenvalue weighted by Crippen LogP contribution is 2.28. The van der Waals surface area contributed by atoms with E-state index in [0.717, 1.165) is 61.4 Å². The molecule has 1 aliphatic rings. The number of anilines is 1. The molecule has 1 fully saturated rings. The second kappa shape index (κ2) is 12.4. The van der Waals surface area contributed by atoms with Crippen LogP contribution in [0.4, 0.5) is 5.69 Å². The zero-order chi connectivity index (χ0) is 25.3. The predicted octanol–water partition coefficient (Wildman–Crippen LogP) is 3.50. The maximum atomic E-state index is 12.3. The molecule has 188 valence electrons.